The van der Waals surface area contributed by atoms with Gasteiger partial charge in [0.05, 0.1) is 6.04 Å². The molecule has 0 saturated carbocycles. The molecule has 0 bridgehead atoms. The van der Waals surface area contributed by atoms with Gasteiger partial charge in [-0.15, -0.1) is 0 Å². The Morgan fingerprint density at radius 1 is 1.32 bits per heavy atom. The Kier molecular flexibility index (Phi) is 5.19. The van der Waals surface area contributed by atoms with E-state index in [1.54, 1.807) is 0 Å². The van der Waals surface area contributed by atoms with Crippen molar-refractivity contribution in [2.45, 2.75) is 32.7 Å². The van der Waals surface area contributed by atoms with Crippen LogP contribution in [-0.2, 0) is 6.42 Å². The van der Waals surface area contributed by atoms with Gasteiger partial charge < -0.3 is 5.73 Å². The van der Waals surface area contributed by atoms with Crippen LogP contribution >= 0.6 is 11.8 Å². The molecule has 2 N–H and O–H groups in total. The van der Waals surface area contributed by atoms with Crippen molar-refractivity contribution in [3.05, 3.63) is 22.8 Å². The quantitative estimate of drug-likeness (QED) is 0.910. The van der Waals surface area contributed by atoms with Gasteiger partial charge in [-0.05, 0) is 45.8 Å². The first-order valence-electron chi connectivity index (χ1n) is 6.95. The minimum atomic E-state index is 0.361. The van der Waals surface area contributed by atoms with Gasteiger partial charge in [0.15, 0.2) is 0 Å². The van der Waals surface area contributed by atoms with E-state index in [1.807, 2.05) is 11.8 Å². The zero-order valence-electron chi connectivity index (χ0n) is 12.1. The van der Waals surface area contributed by atoms with Crippen LogP contribution in [0.4, 0.5) is 0 Å². The van der Waals surface area contributed by atoms with Crippen LogP contribution in [0, 0.1) is 13.8 Å². The lowest BCUT2D eigenvalue weighted by atomic mass is 10.1. The first-order valence-corrected chi connectivity index (χ1v) is 8.11. The number of nitrogens with zero attached hydrogens (tertiary/aromatic N) is 3. The fourth-order valence-corrected chi connectivity index (χ4v) is 3.72. The Labute approximate surface area is 120 Å². The topological polar surface area (TPSA) is 55.0 Å². The van der Waals surface area contributed by atoms with E-state index in [2.05, 4.69) is 25.8 Å². The van der Waals surface area contributed by atoms with E-state index in [0.29, 0.717) is 6.04 Å². The number of hydrogen-bond acceptors (Lipinski definition) is 5. The van der Waals surface area contributed by atoms with Gasteiger partial charge in [-0.1, -0.05) is 0 Å². The number of thioether (sulfide) groups is 1. The van der Waals surface area contributed by atoms with E-state index >= 15 is 0 Å². The zero-order chi connectivity index (χ0) is 13.8. The molecule has 1 aliphatic rings. The molecule has 1 fully saturated rings. The van der Waals surface area contributed by atoms with Crippen molar-refractivity contribution in [3.63, 3.8) is 0 Å². The number of hydrogen-bond donors (Lipinski definition) is 1. The molecule has 1 aliphatic heterocycles. The summed E-state index contributed by atoms with van der Waals surface area (Å²) in [5.74, 6) is 3.29. The summed E-state index contributed by atoms with van der Waals surface area (Å²) < 4.78 is 0. The Balaban J connectivity index is 2.23. The molecule has 0 aromatic carbocycles. The molecule has 0 amide bonds. The van der Waals surface area contributed by atoms with Gasteiger partial charge in [0.2, 0.25) is 0 Å². The summed E-state index contributed by atoms with van der Waals surface area (Å²) in [6.45, 7) is 6.04. The van der Waals surface area contributed by atoms with Crippen LogP contribution in [0.3, 0.4) is 0 Å². The molecule has 1 saturated heterocycles. The largest absolute Gasteiger partial charge is 0.330 e. The zero-order valence-corrected chi connectivity index (χ0v) is 13.0. The maximum atomic E-state index is 5.59. The molecule has 106 valence electrons. The molecule has 19 heavy (non-hydrogen) atoms. The average molecular weight is 280 g/mol. The average Bonchev–Trinajstić information content (AvgIpc) is 2.38. The first-order chi connectivity index (χ1) is 9.13. The van der Waals surface area contributed by atoms with Gasteiger partial charge in [-0.25, -0.2) is 9.97 Å². The molecule has 1 aromatic rings. The SMILES string of the molecule is Cc1nc(C2CSCCN2C)nc(C)c1CCCN. The highest BCUT2D eigenvalue weighted by Crippen LogP contribution is 2.27. The fraction of sp³-hybridized carbons (Fsp3) is 0.714. The second kappa shape index (κ2) is 6.68. The third kappa shape index (κ3) is 3.46. The monoisotopic (exact) mass is 280 g/mol. The number of aromatic nitrogens is 2. The summed E-state index contributed by atoms with van der Waals surface area (Å²) in [5.41, 5.74) is 9.12. The van der Waals surface area contributed by atoms with Crippen molar-refractivity contribution < 1.29 is 0 Å². The van der Waals surface area contributed by atoms with E-state index in [-0.39, 0.29) is 0 Å². The lowest BCUT2D eigenvalue weighted by Gasteiger charge is -2.31. The van der Waals surface area contributed by atoms with Gasteiger partial charge in [0.1, 0.15) is 5.82 Å². The molecule has 0 spiro atoms. The second-order valence-corrected chi connectivity index (χ2v) is 6.34. The van der Waals surface area contributed by atoms with Gasteiger partial charge in [0, 0.05) is 29.4 Å². The highest BCUT2D eigenvalue weighted by molar-refractivity contribution is 7.99. The summed E-state index contributed by atoms with van der Waals surface area (Å²) in [6.07, 6.45) is 1.99. The maximum absolute atomic E-state index is 5.59. The lowest BCUT2D eigenvalue weighted by Crippen LogP contribution is -2.34. The highest BCUT2D eigenvalue weighted by Gasteiger charge is 2.24. The highest BCUT2D eigenvalue weighted by atomic mass is 32.2. The van der Waals surface area contributed by atoms with Gasteiger partial charge in [-0.3, -0.25) is 4.90 Å². The molecule has 1 aromatic heterocycles. The predicted octanol–water partition coefficient (Wildman–Crippen LogP) is 1.70. The third-order valence-corrected chi connectivity index (χ3v) is 4.79. The smallest absolute Gasteiger partial charge is 0.146 e. The van der Waals surface area contributed by atoms with Gasteiger partial charge in [-0.2, -0.15) is 11.8 Å². The molecule has 5 heteroatoms. The van der Waals surface area contributed by atoms with E-state index in [9.17, 15) is 0 Å². The van der Waals surface area contributed by atoms with Crippen molar-refractivity contribution in [1.82, 2.24) is 14.9 Å². The van der Waals surface area contributed by atoms with E-state index in [0.717, 1.165) is 48.9 Å². The van der Waals surface area contributed by atoms with Crippen molar-refractivity contribution in [1.29, 1.82) is 0 Å². The summed E-state index contributed by atoms with van der Waals surface area (Å²) in [4.78, 5) is 11.9. The van der Waals surface area contributed by atoms with E-state index < -0.39 is 0 Å². The standard InChI is InChI=1S/C14H24N4S/c1-10-12(5-4-6-15)11(2)17-14(16-10)13-9-19-8-7-18(13)3/h13H,4-9,15H2,1-3H3. The minimum Gasteiger partial charge on any atom is -0.330 e. The minimum absolute atomic E-state index is 0.361. The van der Waals surface area contributed by atoms with Crippen molar-refractivity contribution in [2.75, 3.05) is 31.6 Å². The Hall–Kier alpha value is -0.650. The van der Waals surface area contributed by atoms with Crippen LogP contribution in [0.25, 0.3) is 0 Å². The lowest BCUT2D eigenvalue weighted by molar-refractivity contribution is 0.264. The van der Waals surface area contributed by atoms with E-state index in [1.165, 1.54) is 11.3 Å². The predicted molar refractivity (Wildman–Crippen MR) is 81.6 cm³/mol. The van der Waals surface area contributed by atoms with Crippen LogP contribution in [0.15, 0.2) is 0 Å². The Morgan fingerprint density at radius 2 is 2.00 bits per heavy atom. The molecule has 4 nitrogen and oxygen atoms in total. The van der Waals surface area contributed by atoms with Crippen molar-refractivity contribution in [2.24, 2.45) is 5.73 Å². The maximum Gasteiger partial charge on any atom is 0.146 e. The van der Waals surface area contributed by atoms with E-state index in [4.69, 9.17) is 15.7 Å². The van der Waals surface area contributed by atoms with Crippen molar-refractivity contribution >= 4 is 11.8 Å². The summed E-state index contributed by atoms with van der Waals surface area (Å²) in [6, 6.07) is 0.361. The van der Waals surface area contributed by atoms with Crippen LogP contribution in [0.2, 0.25) is 0 Å². The number of nitrogens with two attached hydrogens (primary N) is 1. The number of aryl methyl sites for hydroxylation is 2. The number of rotatable bonds is 4. The van der Waals surface area contributed by atoms with Crippen LogP contribution < -0.4 is 5.73 Å². The Morgan fingerprint density at radius 3 is 2.58 bits per heavy atom. The first kappa shape index (κ1) is 14.8. The fourth-order valence-electron chi connectivity index (χ4n) is 2.51. The Bertz CT molecular complexity index is 412. The summed E-state index contributed by atoms with van der Waals surface area (Å²) in [5, 5.41) is 0. The van der Waals surface area contributed by atoms with Crippen LogP contribution in [0.5, 0.6) is 0 Å². The molecule has 2 heterocycles. The molecule has 0 aliphatic carbocycles. The molecule has 2 rings (SSSR count). The van der Waals surface area contributed by atoms with Gasteiger partial charge in [0.25, 0.3) is 0 Å². The van der Waals surface area contributed by atoms with Crippen molar-refractivity contribution in [3.8, 4) is 0 Å². The van der Waals surface area contributed by atoms with Crippen LogP contribution in [0.1, 0.15) is 35.2 Å². The normalized spacial score (nSPS) is 20.7. The molecular formula is C14H24N4S. The third-order valence-electron chi connectivity index (χ3n) is 3.76. The molecule has 1 unspecified atom stereocenters. The molecular weight excluding hydrogens is 256 g/mol. The molecule has 0 radical (unpaired) electrons. The van der Waals surface area contributed by atoms with Crippen LogP contribution in [-0.4, -0.2) is 46.5 Å². The van der Waals surface area contributed by atoms with Gasteiger partial charge >= 0.3 is 0 Å². The molecule has 1 atom stereocenters. The second-order valence-electron chi connectivity index (χ2n) is 5.19. The summed E-state index contributed by atoms with van der Waals surface area (Å²) >= 11 is 1.99. The summed E-state index contributed by atoms with van der Waals surface area (Å²) in [7, 11) is 2.17.